The molecule has 1 heterocycles. The van der Waals surface area contributed by atoms with E-state index in [4.69, 9.17) is 0 Å². The van der Waals surface area contributed by atoms with Gasteiger partial charge in [-0.15, -0.1) is 0 Å². The number of hydrogen-bond acceptors (Lipinski definition) is 5. The Morgan fingerprint density at radius 3 is 2.06 bits per heavy atom. The van der Waals surface area contributed by atoms with Crippen molar-refractivity contribution in [3.05, 3.63) is 29.3 Å². The molecule has 15 heteroatoms. The average molecular weight is 534 g/mol. The van der Waals surface area contributed by atoms with Crippen LogP contribution in [0.3, 0.4) is 0 Å². The Hall–Kier alpha value is -2.03. The highest BCUT2D eigenvalue weighted by atomic mass is 32.2. The Balaban J connectivity index is 1.57. The molecule has 1 aromatic rings. The minimum absolute atomic E-state index is 0.220. The summed E-state index contributed by atoms with van der Waals surface area (Å²) in [6, 6.07) is 1.76. The topological polar surface area (TPSA) is 109 Å². The van der Waals surface area contributed by atoms with E-state index in [1.807, 2.05) is 0 Å². The monoisotopic (exact) mass is 534 g/mol. The molecule has 2 N–H and O–H groups in total. The van der Waals surface area contributed by atoms with Gasteiger partial charge in [0.1, 0.15) is 9.84 Å². The van der Waals surface area contributed by atoms with Gasteiger partial charge in [0.2, 0.25) is 10.0 Å². The lowest BCUT2D eigenvalue weighted by atomic mass is 9.39. The van der Waals surface area contributed by atoms with E-state index in [-0.39, 0.29) is 24.3 Å². The van der Waals surface area contributed by atoms with Crippen LogP contribution in [0, 0.1) is 5.41 Å². The smallest absolute Gasteiger partial charge is 0.346 e. The Morgan fingerprint density at radius 1 is 1.00 bits per heavy atom. The van der Waals surface area contributed by atoms with Crippen LogP contribution in [0.15, 0.2) is 18.2 Å². The van der Waals surface area contributed by atoms with Crippen molar-refractivity contribution < 1.29 is 48.0 Å². The summed E-state index contributed by atoms with van der Waals surface area (Å²) in [5.74, 6) is -1.88. The normalized spacial score (nSPS) is 29.0. The highest BCUT2D eigenvalue weighted by Gasteiger charge is 2.79. The molecule has 34 heavy (non-hydrogen) atoms. The molecule has 3 aliphatic carbocycles. The maximum absolute atomic E-state index is 13.2. The molecule has 4 aliphatic rings. The van der Waals surface area contributed by atoms with Crippen LogP contribution >= 0.6 is 0 Å². The summed E-state index contributed by atoms with van der Waals surface area (Å²) in [7, 11) is -7.65. The molecule has 1 amide bonds. The Bertz CT molecular complexity index is 1210. The molecule has 7 nitrogen and oxygen atoms in total. The number of rotatable bonds is 5. The Kier molecular flexibility index (Phi) is 5.52. The fraction of sp³-hybridized carbons (Fsp3) is 0.632. The number of amides is 1. The van der Waals surface area contributed by atoms with E-state index in [0.717, 1.165) is 6.07 Å². The number of sulfone groups is 1. The lowest BCUT2D eigenvalue weighted by molar-refractivity contribution is -0.336. The van der Waals surface area contributed by atoms with Crippen molar-refractivity contribution in [2.24, 2.45) is 5.41 Å². The van der Waals surface area contributed by atoms with Gasteiger partial charge in [-0.25, -0.2) is 16.8 Å². The van der Waals surface area contributed by atoms with Gasteiger partial charge in [0.25, 0.3) is 5.91 Å². The zero-order chi connectivity index (χ0) is 25.4. The summed E-state index contributed by atoms with van der Waals surface area (Å²) in [4.78, 5) is 12.8. The maximum Gasteiger partial charge on any atom is 0.416 e. The summed E-state index contributed by atoms with van der Waals surface area (Å²) in [6.45, 7) is 0. The van der Waals surface area contributed by atoms with Crippen molar-refractivity contribution in [2.45, 2.75) is 55.2 Å². The summed E-state index contributed by atoms with van der Waals surface area (Å²) < 4.78 is 130. The van der Waals surface area contributed by atoms with E-state index in [1.165, 1.54) is 0 Å². The zero-order valence-electron chi connectivity index (χ0n) is 17.4. The van der Waals surface area contributed by atoms with E-state index in [2.05, 4.69) is 10.0 Å². The third-order valence-corrected chi connectivity index (χ3v) is 10.4. The first-order valence-electron chi connectivity index (χ1n) is 10.2. The Morgan fingerprint density at radius 2 is 1.56 bits per heavy atom. The third kappa shape index (κ3) is 4.36. The number of alkyl halides is 6. The van der Waals surface area contributed by atoms with Crippen molar-refractivity contribution in [3.63, 3.8) is 0 Å². The summed E-state index contributed by atoms with van der Waals surface area (Å²) in [5.41, 5.74) is -5.51. The first-order valence-corrected chi connectivity index (χ1v) is 13.6. The SMILES string of the molecule is O=C(NC12CC(C(F)(F)F)(C1)C2)c1cc(C(F)(F)F)ccc1NS(=O)(=O)C1CCS(=O)(=O)CC1. The average Bonchev–Trinajstić information content (AvgIpc) is 2.60. The van der Waals surface area contributed by atoms with Gasteiger partial charge >= 0.3 is 12.4 Å². The molecular formula is C19H20F6N2O5S2. The number of anilines is 1. The predicted octanol–water partition coefficient (Wildman–Crippen LogP) is 3.24. The molecule has 0 aromatic heterocycles. The molecule has 4 fully saturated rings. The highest BCUT2D eigenvalue weighted by molar-refractivity contribution is 7.94. The van der Waals surface area contributed by atoms with Gasteiger partial charge in [-0.05, 0) is 50.3 Å². The number of benzene rings is 1. The van der Waals surface area contributed by atoms with Gasteiger partial charge in [0, 0.05) is 5.54 Å². The molecule has 5 rings (SSSR count). The number of carbonyl (C=O) groups excluding carboxylic acids is 1. The van der Waals surface area contributed by atoms with Crippen LogP contribution in [0.4, 0.5) is 32.0 Å². The number of sulfonamides is 1. The van der Waals surface area contributed by atoms with Gasteiger partial charge in [0.15, 0.2) is 0 Å². The van der Waals surface area contributed by atoms with Crippen LogP contribution in [-0.2, 0) is 26.0 Å². The van der Waals surface area contributed by atoms with E-state index in [9.17, 15) is 48.0 Å². The molecule has 0 radical (unpaired) electrons. The van der Waals surface area contributed by atoms with E-state index >= 15 is 0 Å². The third-order valence-electron chi connectivity index (χ3n) is 6.79. The second-order valence-corrected chi connectivity index (χ2v) is 13.6. The molecule has 190 valence electrons. The van der Waals surface area contributed by atoms with Crippen molar-refractivity contribution in [3.8, 4) is 0 Å². The molecule has 1 saturated heterocycles. The van der Waals surface area contributed by atoms with Gasteiger partial charge in [0.05, 0.1) is 39.0 Å². The van der Waals surface area contributed by atoms with Crippen LogP contribution in [0.2, 0.25) is 0 Å². The summed E-state index contributed by atoms with van der Waals surface area (Å²) in [6.07, 6.45) is -10.9. The van der Waals surface area contributed by atoms with Crippen molar-refractivity contribution in [2.75, 3.05) is 16.2 Å². The van der Waals surface area contributed by atoms with Gasteiger partial charge in [-0.1, -0.05) is 0 Å². The number of nitrogens with one attached hydrogen (secondary N) is 2. The van der Waals surface area contributed by atoms with E-state index < -0.39 is 90.4 Å². The van der Waals surface area contributed by atoms with Crippen molar-refractivity contribution >= 4 is 31.5 Å². The second kappa shape index (κ2) is 7.48. The number of hydrogen-bond donors (Lipinski definition) is 2. The second-order valence-electron chi connectivity index (χ2n) is 9.30. The van der Waals surface area contributed by atoms with Crippen molar-refractivity contribution in [1.29, 1.82) is 0 Å². The molecule has 0 spiro atoms. The molecule has 0 unspecified atom stereocenters. The summed E-state index contributed by atoms with van der Waals surface area (Å²) in [5, 5.41) is 1.21. The van der Waals surface area contributed by atoms with E-state index in [1.54, 1.807) is 0 Å². The maximum atomic E-state index is 13.2. The standard InChI is InChI=1S/C19H20F6N2O5S2/c20-18(21,22)11-1-2-14(27-34(31,32)12-3-5-33(29,30)6-4-12)13(7-11)15(28)26-17-8-16(9-17,10-17)19(23,24)25/h1-2,7,12,27H,3-6,8-10H2,(H,26,28). The minimum Gasteiger partial charge on any atom is -0.346 e. The molecule has 0 atom stereocenters. The van der Waals surface area contributed by atoms with Crippen molar-refractivity contribution in [1.82, 2.24) is 5.32 Å². The van der Waals surface area contributed by atoms with Gasteiger partial charge < -0.3 is 5.32 Å². The first kappa shape index (κ1) is 25.1. The van der Waals surface area contributed by atoms with E-state index in [0.29, 0.717) is 12.1 Å². The molecular weight excluding hydrogens is 514 g/mol. The quantitative estimate of drug-likeness (QED) is 0.564. The van der Waals surface area contributed by atoms with Crippen LogP contribution < -0.4 is 10.0 Å². The zero-order valence-corrected chi connectivity index (χ0v) is 19.0. The minimum atomic E-state index is -4.86. The summed E-state index contributed by atoms with van der Waals surface area (Å²) >= 11 is 0. The Labute approximate surface area is 191 Å². The molecule has 3 saturated carbocycles. The number of carbonyl (C=O) groups is 1. The molecule has 1 aromatic carbocycles. The molecule has 1 aliphatic heterocycles. The van der Waals surface area contributed by atoms with Gasteiger partial charge in [-0.3, -0.25) is 9.52 Å². The van der Waals surface area contributed by atoms with Crippen LogP contribution in [0.25, 0.3) is 0 Å². The van der Waals surface area contributed by atoms with Crippen LogP contribution in [0.1, 0.15) is 48.0 Å². The molecule has 2 bridgehead atoms. The predicted molar refractivity (Wildman–Crippen MR) is 108 cm³/mol. The highest BCUT2D eigenvalue weighted by Crippen LogP contribution is 2.73. The lowest BCUT2D eigenvalue weighted by Gasteiger charge is -2.70. The van der Waals surface area contributed by atoms with Gasteiger partial charge in [-0.2, -0.15) is 26.3 Å². The number of halogens is 6. The fourth-order valence-electron chi connectivity index (χ4n) is 4.94. The fourth-order valence-corrected chi connectivity index (χ4v) is 8.24. The first-order chi connectivity index (χ1) is 15.4. The largest absolute Gasteiger partial charge is 0.416 e. The van der Waals surface area contributed by atoms with Crippen LogP contribution in [-0.4, -0.2) is 51.2 Å². The van der Waals surface area contributed by atoms with Crippen LogP contribution in [0.5, 0.6) is 0 Å². The lowest BCUT2D eigenvalue weighted by Crippen LogP contribution is -2.78.